The molecule has 0 saturated heterocycles. The van der Waals surface area contributed by atoms with E-state index in [1.165, 1.54) is 0 Å². The second kappa shape index (κ2) is 8.90. The SMILES string of the molecule is C=C=C([C@H](NP(=O)(c1ccccc1)c1ccccc1)c1ccncc1)[Si](C)(C)C. The standard InChI is InChI=1S/C24H27N2OPSi/c1-5-23(29(2,3)4)24(20-16-18-25-19-17-20)26-28(27,21-12-8-6-9-13-21)22-14-10-7-11-15-22/h6-19,24H,1H2,2-4H3,(H,26,27)/t24-/m1/s1. The summed E-state index contributed by atoms with van der Waals surface area (Å²) >= 11 is 0. The number of hydrogen-bond donors (Lipinski definition) is 1. The lowest BCUT2D eigenvalue weighted by molar-refractivity contribution is 0.572. The molecule has 0 saturated carbocycles. The molecule has 3 aromatic rings. The predicted octanol–water partition coefficient (Wildman–Crippen LogP) is 5.23. The van der Waals surface area contributed by atoms with Crippen molar-refractivity contribution in [3.8, 4) is 0 Å². The van der Waals surface area contributed by atoms with Gasteiger partial charge in [0.25, 0.3) is 0 Å². The molecule has 0 aliphatic rings. The Morgan fingerprint density at radius 3 is 1.83 bits per heavy atom. The Morgan fingerprint density at radius 2 is 1.41 bits per heavy atom. The maximum absolute atomic E-state index is 14.6. The van der Waals surface area contributed by atoms with Crippen LogP contribution in [-0.2, 0) is 4.57 Å². The van der Waals surface area contributed by atoms with Crippen molar-refractivity contribution in [1.29, 1.82) is 0 Å². The third-order valence-electron chi connectivity index (χ3n) is 4.88. The zero-order valence-electron chi connectivity index (χ0n) is 17.2. The first-order chi connectivity index (χ1) is 13.9. The van der Waals surface area contributed by atoms with Crippen molar-refractivity contribution >= 4 is 26.0 Å². The number of benzene rings is 2. The number of pyridine rings is 1. The van der Waals surface area contributed by atoms with Gasteiger partial charge in [0, 0.05) is 23.0 Å². The predicted molar refractivity (Wildman–Crippen MR) is 126 cm³/mol. The molecule has 1 heterocycles. The van der Waals surface area contributed by atoms with Gasteiger partial charge in [0.1, 0.15) is 0 Å². The van der Waals surface area contributed by atoms with Crippen LogP contribution in [0.25, 0.3) is 0 Å². The zero-order valence-corrected chi connectivity index (χ0v) is 19.1. The average molecular weight is 419 g/mol. The van der Waals surface area contributed by atoms with E-state index in [9.17, 15) is 4.57 Å². The van der Waals surface area contributed by atoms with Crippen LogP contribution >= 0.6 is 7.29 Å². The van der Waals surface area contributed by atoms with Gasteiger partial charge in [-0.2, -0.15) is 0 Å². The van der Waals surface area contributed by atoms with Gasteiger partial charge in [0.2, 0.25) is 7.29 Å². The van der Waals surface area contributed by atoms with E-state index in [2.05, 4.69) is 42.0 Å². The molecule has 3 nitrogen and oxygen atoms in total. The fourth-order valence-corrected chi connectivity index (χ4v) is 7.60. The smallest absolute Gasteiger partial charge is 0.205 e. The van der Waals surface area contributed by atoms with Gasteiger partial charge in [-0.15, -0.1) is 5.73 Å². The van der Waals surface area contributed by atoms with Crippen LogP contribution in [0.5, 0.6) is 0 Å². The van der Waals surface area contributed by atoms with Crippen LogP contribution in [-0.4, -0.2) is 13.1 Å². The molecule has 0 spiro atoms. The largest absolute Gasteiger partial charge is 0.296 e. The van der Waals surface area contributed by atoms with Crippen LogP contribution in [0.1, 0.15) is 11.6 Å². The molecule has 1 aromatic heterocycles. The first kappa shape index (κ1) is 21.2. The van der Waals surface area contributed by atoms with Crippen molar-refractivity contribution in [2.75, 3.05) is 0 Å². The quantitative estimate of drug-likeness (QED) is 0.325. The van der Waals surface area contributed by atoms with Gasteiger partial charge in [-0.1, -0.05) is 62.6 Å². The van der Waals surface area contributed by atoms with E-state index in [1.54, 1.807) is 12.4 Å². The van der Waals surface area contributed by atoms with Crippen molar-refractivity contribution in [3.05, 3.63) is 108 Å². The van der Waals surface area contributed by atoms with Gasteiger partial charge < -0.3 is 0 Å². The molecule has 1 N–H and O–H groups in total. The van der Waals surface area contributed by atoms with E-state index in [4.69, 9.17) is 0 Å². The monoisotopic (exact) mass is 418 g/mol. The average Bonchev–Trinajstić information content (AvgIpc) is 2.74. The molecule has 1 atom stereocenters. The number of nitrogens with one attached hydrogen (secondary N) is 1. The third kappa shape index (κ3) is 4.75. The molecule has 5 heteroatoms. The highest BCUT2D eigenvalue weighted by Crippen LogP contribution is 2.44. The summed E-state index contributed by atoms with van der Waals surface area (Å²) in [5.41, 5.74) is 4.20. The van der Waals surface area contributed by atoms with Crippen molar-refractivity contribution < 1.29 is 4.57 Å². The molecule has 148 valence electrons. The Labute approximate surface area is 174 Å². The second-order valence-electron chi connectivity index (χ2n) is 7.96. The van der Waals surface area contributed by atoms with E-state index in [0.717, 1.165) is 21.4 Å². The molecule has 29 heavy (non-hydrogen) atoms. The molecule has 3 rings (SSSR count). The molecule has 0 amide bonds. The molecule has 0 fully saturated rings. The zero-order chi connectivity index (χ0) is 20.9. The highest BCUT2D eigenvalue weighted by molar-refractivity contribution is 7.76. The maximum Gasteiger partial charge on any atom is 0.205 e. The Bertz CT molecular complexity index is 997. The van der Waals surface area contributed by atoms with Gasteiger partial charge in [-0.25, -0.2) is 5.09 Å². The van der Waals surface area contributed by atoms with Crippen LogP contribution < -0.4 is 15.7 Å². The first-order valence-electron chi connectivity index (χ1n) is 9.65. The first-order valence-corrected chi connectivity index (χ1v) is 14.9. The van der Waals surface area contributed by atoms with Gasteiger partial charge in [-0.3, -0.25) is 9.55 Å². The Kier molecular flexibility index (Phi) is 6.51. The van der Waals surface area contributed by atoms with Crippen LogP contribution in [0.4, 0.5) is 0 Å². The molecule has 2 aromatic carbocycles. The number of nitrogens with zero attached hydrogens (tertiary/aromatic N) is 1. The van der Waals surface area contributed by atoms with Gasteiger partial charge in [0.05, 0.1) is 14.1 Å². The molecule has 0 aliphatic heterocycles. The van der Waals surface area contributed by atoms with E-state index in [1.807, 2.05) is 72.8 Å². The molecule has 0 bridgehead atoms. The van der Waals surface area contributed by atoms with E-state index in [-0.39, 0.29) is 6.04 Å². The van der Waals surface area contributed by atoms with Crippen LogP contribution in [0.3, 0.4) is 0 Å². The van der Waals surface area contributed by atoms with Gasteiger partial charge >= 0.3 is 0 Å². The lowest BCUT2D eigenvalue weighted by Gasteiger charge is -2.32. The number of hydrogen-bond acceptors (Lipinski definition) is 2. The summed E-state index contributed by atoms with van der Waals surface area (Å²) in [6.45, 7) is 10.7. The summed E-state index contributed by atoms with van der Waals surface area (Å²) in [5, 5.41) is 6.22. The normalized spacial score (nSPS) is 12.8. The highest BCUT2D eigenvalue weighted by atomic mass is 31.2. The summed E-state index contributed by atoms with van der Waals surface area (Å²) in [6.07, 6.45) is 3.54. The van der Waals surface area contributed by atoms with Crippen LogP contribution in [0.2, 0.25) is 19.6 Å². The van der Waals surface area contributed by atoms with Crippen molar-refractivity contribution in [2.45, 2.75) is 25.7 Å². The minimum atomic E-state index is -3.12. The molecule has 0 radical (unpaired) electrons. The Balaban J connectivity index is 2.19. The summed E-state index contributed by atoms with van der Waals surface area (Å²) in [5.74, 6) is 0. The van der Waals surface area contributed by atoms with Gasteiger partial charge in [0.15, 0.2) is 0 Å². The lowest BCUT2D eigenvalue weighted by atomic mass is 10.1. The van der Waals surface area contributed by atoms with E-state index >= 15 is 0 Å². The molecule has 0 unspecified atom stereocenters. The van der Waals surface area contributed by atoms with Crippen molar-refractivity contribution in [3.63, 3.8) is 0 Å². The summed E-state index contributed by atoms with van der Waals surface area (Å²) in [4.78, 5) is 4.16. The highest BCUT2D eigenvalue weighted by Gasteiger charge is 2.35. The van der Waals surface area contributed by atoms with Crippen molar-refractivity contribution in [1.82, 2.24) is 10.1 Å². The Morgan fingerprint density at radius 1 is 0.931 bits per heavy atom. The number of rotatable bonds is 7. The fourth-order valence-electron chi connectivity index (χ4n) is 3.42. The van der Waals surface area contributed by atoms with E-state index < -0.39 is 15.4 Å². The molecule has 0 aliphatic carbocycles. The maximum atomic E-state index is 14.6. The summed E-state index contributed by atoms with van der Waals surface area (Å²) in [7, 11) is -4.91. The molecular weight excluding hydrogens is 391 g/mol. The minimum Gasteiger partial charge on any atom is -0.296 e. The molecular formula is C24H27N2OPSi. The lowest BCUT2D eigenvalue weighted by Crippen LogP contribution is -2.37. The van der Waals surface area contributed by atoms with Crippen LogP contribution in [0.15, 0.2) is 103 Å². The van der Waals surface area contributed by atoms with Crippen LogP contribution in [0, 0.1) is 0 Å². The minimum absolute atomic E-state index is 0.256. The fraction of sp³-hybridized carbons (Fsp3) is 0.167. The van der Waals surface area contributed by atoms with Crippen molar-refractivity contribution in [2.24, 2.45) is 0 Å². The Hall–Kier alpha value is -2.48. The number of aromatic nitrogens is 1. The summed E-state index contributed by atoms with van der Waals surface area (Å²) < 4.78 is 14.6. The third-order valence-corrected chi connectivity index (χ3v) is 9.63. The topological polar surface area (TPSA) is 42.0 Å². The van der Waals surface area contributed by atoms with E-state index in [0.29, 0.717) is 0 Å². The second-order valence-corrected chi connectivity index (χ2v) is 15.5. The van der Waals surface area contributed by atoms with Gasteiger partial charge in [-0.05, 0) is 47.2 Å². The summed E-state index contributed by atoms with van der Waals surface area (Å²) in [6, 6.07) is 23.0.